The van der Waals surface area contributed by atoms with Gasteiger partial charge in [0, 0.05) is 20.8 Å². The minimum absolute atomic E-state index is 0. The van der Waals surface area contributed by atoms with Crippen LogP contribution in [-0.2, 0) is 13.6 Å². The quantitative estimate of drug-likeness (QED) is 0.0962. The molecule has 0 saturated carbocycles. The van der Waals surface area contributed by atoms with Gasteiger partial charge in [-0.15, -0.1) is 0 Å². The summed E-state index contributed by atoms with van der Waals surface area (Å²) in [4.78, 5) is 57.1. The predicted molar refractivity (Wildman–Crippen MR) is 132 cm³/mol. The summed E-state index contributed by atoms with van der Waals surface area (Å²) in [5.41, 5.74) is 0. The van der Waals surface area contributed by atoms with E-state index in [9.17, 15) is 29.4 Å². The Balaban J connectivity index is -0.000000196. The second-order valence-electron chi connectivity index (χ2n) is 6.81. The van der Waals surface area contributed by atoms with Gasteiger partial charge < -0.3 is 42.9 Å². The van der Waals surface area contributed by atoms with Crippen molar-refractivity contribution in [1.82, 2.24) is 0 Å². The van der Waals surface area contributed by atoms with Gasteiger partial charge in [-0.2, -0.15) is 25.8 Å². The van der Waals surface area contributed by atoms with Gasteiger partial charge in [-0.05, 0) is 32.1 Å². The van der Waals surface area contributed by atoms with Crippen LogP contribution in [0.2, 0.25) is 0 Å². The fourth-order valence-corrected chi connectivity index (χ4v) is 2.77. The van der Waals surface area contributed by atoms with E-state index in [0.717, 1.165) is 27.1 Å². The van der Waals surface area contributed by atoms with Gasteiger partial charge in [0.2, 0.25) is 0 Å². The Kier molecular flexibility index (Phi) is 56.2. The summed E-state index contributed by atoms with van der Waals surface area (Å²) < 4.78 is 11.9. The zero-order chi connectivity index (χ0) is 24.9. The van der Waals surface area contributed by atoms with Gasteiger partial charge in [0.05, 0.1) is 0 Å². The van der Waals surface area contributed by atoms with E-state index >= 15 is 0 Å². The van der Waals surface area contributed by atoms with Crippen LogP contribution in [0, 0.1) is 0 Å². The largest absolute Gasteiger partial charge is 3.00 e. The fraction of sp³-hybridized carbons (Fsp3) is 0.900. The molecule has 9 nitrogen and oxygen atoms in total. The molecule has 0 heterocycles. The summed E-state index contributed by atoms with van der Waals surface area (Å²) in [6, 6.07) is 0. The molecule has 0 amide bonds. The summed E-state index contributed by atoms with van der Waals surface area (Å²) in [7, 11) is -5.64. The minimum atomic E-state index is -2.65. The van der Waals surface area contributed by atoms with E-state index < -0.39 is 25.8 Å². The van der Waals surface area contributed by atoms with Crippen molar-refractivity contribution in [3.05, 3.63) is 12.2 Å². The number of unbranched alkanes of at least 4 members (excludes halogenated alkanes) is 12. The second kappa shape index (κ2) is 41.8. The van der Waals surface area contributed by atoms with Gasteiger partial charge in [0.25, 0.3) is 0 Å². The molecule has 0 radical (unpaired) electrons. The van der Waals surface area contributed by atoms with E-state index in [1.165, 1.54) is 77.0 Å². The molecule has 196 valence electrons. The van der Waals surface area contributed by atoms with Crippen LogP contribution in [0.3, 0.4) is 0 Å². The Labute approximate surface area is 232 Å². The van der Waals surface area contributed by atoms with Crippen LogP contribution in [0.1, 0.15) is 96.8 Å². The van der Waals surface area contributed by atoms with Crippen LogP contribution in [0.15, 0.2) is 12.2 Å². The molecule has 14 heteroatoms. The third-order valence-electron chi connectivity index (χ3n) is 4.15. The average Bonchev–Trinajstić information content (AvgIpc) is 2.76. The molecule has 0 aliphatic heterocycles. The summed E-state index contributed by atoms with van der Waals surface area (Å²) in [5.74, 6) is 0. The van der Waals surface area contributed by atoms with Crippen molar-refractivity contribution >= 4 is 60.5 Å². The van der Waals surface area contributed by atoms with E-state index in [1.807, 2.05) is 0 Å². The molecular formula is C20H41Al2O9P3. The summed E-state index contributed by atoms with van der Waals surface area (Å²) >= 11 is 0. The molecule has 0 aromatic heterocycles. The number of rotatable bonds is 19. The second-order valence-corrected chi connectivity index (χ2v) is 9.14. The molecule has 0 fully saturated rings. The maximum absolute atomic E-state index is 10.2. The van der Waals surface area contributed by atoms with Crippen LogP contribution in [0.5, 0.6) is 0 Å². The smallest absolute Gasteiger partial charge is 0.820 e. The zero-order valence-electron chi connectivity index (χ0n) is 20.9. The van der Waals surface area contributed by atoms with Crippen LogP contribution in [0.25, 0.3) is 0 Å². The van der Waals surface area contributed by atoms with E-state index in [1.54, 1.807) is 0 Å². The molecule has 0 aliphatic rings. The van der Waals surface area contributed by atoms with Crippen molar-refractivity contribution in [1.29, 1.82) is 0 Å². The van der Waals surface area contributed by atoms with Crippen molar-refractivity contribution in [3.8, 4) is 0 Å². The third kappa shape index (κ3) is 59.1. The Morgan fingerprint density at radius 3 is 1.18 bits per heavy atom. The van der Waals surface area contributed by atoms with Gasteiger partial charge in [0.1, 0.15) is 0 Å². The van der Waals surface area contributed by atoms with Gasteiger partial charge in [0.15, 0.2) is 0 Å². The van der Waals surface area contributed by atoms with E-state index in [4.69, 9.17) is 0 Å². The molecule has 34 heavy (non-hydrogen) atoms. The first-order valence-electron chi connectivity index (χ1n) is 11.1. The third-order valence-corrected chi connectivity index (χ3v) is 5.14. The topological polar surface area (TPSA) is 166 Å². The molecular weight excluding hydrogens is 531 g/mol. The standard InChI is InChI=1S/C18H35O3P.2CH3O3P.2Al/c1-2-3-4-5-6-7-8-9-10-11-12-13-14-15-16-17-18-21-22(19)20;2*1-4-5(2)3;;/h9-10H,2-8,11-18H2,1H3;2*1H3;;/q3*-2;2*+3/b10-9-;;;;. The maximum atomic E-state index is 10.2. The normalized spacial score (nSPS) is 10.5. The van der Waals surface area contributed by atoms with Crippen LogP contribution in [0.4, 0.5) is 0 Å². The van der Waals surface area contributed by atoms with E-state index in [-0.39, 0.29) is 34.7 Å². The Morgan fingerprint density at radius 2 is 0.853 bits per heavy atom. The molecule has 0 spiro atoms. The molecule has 0 N–H and O–H groups in total. The SMILES string of the molecule is CCCCCCCC/C=C\CCCCCCCCOP([O-])[O-].COP([O-])[O-].COP([O-])[O-].[Al+3].[Al+3]. The summed E-state index contributed by atoms with van der Waals surface area (Å²) in [5, 5.41) is 0. The van der Waals surface area contributed by atoms with Crippen molar-refractivity contribution in [2.75, 3.05) is 20.8 Å². The maximum Gasteiger partial charge on any atom is 3.00 e. The van der Waals surface area contributed by atoms with Crippen molar-refractivity contribution in [3.63, 3.8) is 0 Å². The first-order chi connectivity index (χ1) is 15.3. The monoisotopic (exact) mass is 572 g/mol. The van der Waals surface area contributed by atoms with Crippen molar-refractivity contribution in [2.45, 2.75) is 96.8 Å². The first kappa shape index (κ1) is 45.6. The summed E-state index contributed by atoms with van der Waals surface area (Å²) in [6.45, 7) is 2.61. The molecule has 0 aromatic carbocycles. The minimum Gasteiger partial charge on any atom is -0.820 e. The zero-order valence-corrected chi connectivity index (χ0v) is 25.9. The molecule has 0 rings (SSSR count). The molecule has 0 unspecified atom stereocenters. The number of hydrogen-bond acceptors (Lipinski definition) is 9. The van der Waals surface area contributed by atoms with Crippen molar-refractivity contribution < 1.29 is 42.9 Å². The van der Waals surface area contributed by atoms with Gasteiger partial charge in [-0.25, -0.2) is 0 Å². The molecule has 0 aliphatic carbocycles. The van der Waals surface area contributed by atoms with Gasteiger partial charge >= 0.3 is 34.7 Å². The molecule has 0 aromatic rings. The Bertz CT molecular complexity index is 353. The van der Waals surface area contributed by atoms with Crippen LogP contribution in [-0.4, -0.2) is 55.5 Å². The predicted octanol–water partition coefficient (Wildman–Crippen LogP) is 1.39. The molecule has 0 atom stereocenters. The summed E-state index contributed by atoms with van der Waals surface area (Å²) in [6.07, 6.45) is 22.3. The van der Waals surface area contributed by atoms with E-state index in [0.29, 0.717) is 6.61 Å². The van der Waals surface area contributed by atoms with Crippen LogP contribution < -0.4 is 29.4 Å². The van der Waals surface area contributed by atoms with Crippen LogP contribution >= 0.6 is 25.8 Å². The number of allylic oxidation sites excluding steroid dienone is 2. The van der Waals surface area contributed by atoms with Gasteiger partial charge in [-0.1, -0.05) is 76.9 Å². The molecule has 0 bridgehead atoms. The van der Waals surface area contributed by atoms with Gasteiger partial charge in [-0.3, -0.25) is 0 Å². The number of hydrogen-bond donors (Lipinski definition) is 0. The van der Waals surface area contributed by atoms with E-state index in [2.05, 4.69) is 32.6 Å². The molecule has 0 saturated heterocycles. The fourth-order valence-electron chi connectivity index (χ4n) is 2.49. The first-order valence-corrected chi connectivity index (χ1v) is 14.4. The average molecular weight is 572 g/mol. The van der Waals surface area contributed by atoms with Crippen molar-refractivity contribution in [2.24, 2.45) is 0 Å². The Hall–Kier alpha value is 1.73. The Morgan fingerprint density at radius 1 is 0.529 bits per heavy atom.